The monoisotopic (exact) mass is 310 g/mol. The summed E-state index contributed by atoms with van der Waals surface area (Å²) in [5.74, 6) is 0.524. The van der Waals surface area contributed by atoms with Crippen LogP contribution in [-0.4, -0.2) is 33.0 Å². The topological polar surface area (TPSA) is 58.1 Å². The highest BCUT2D eigenvalue weighted by Gasteiger charge is 2.27. The second kappa shape index (κ2) is 6.71. The number of hydrogen-bond donors (Lipinski definition) is 1. The van der Waals surface area contributed by atoms with E-state index in [9.17, 15) is 4.79 Å². The number of aromatic nitrogens is 2. The molecule has 5 nitrogen and oxygen atoms in total. The highest BCUT2D eigenvalue weighted by atomic mass is 35.5. The van der Waals surface area contributed by atoms with Gasteiger partial charge in [0, 0.05) is 18.0 Å². The van der Waals surface area contributed by atoms with Crippen LogP contribution in [0.2, 0.25) is 5.02 Å². The zero-order chi connectivity index (χ0) is 15.6. The number of rotatable bonds is 3. The maximum absolute atomic E-state index is 12.5. The highest BCUT2D eigenvalue weighted by molar-refractivity contribution is 6.33. The Morgan fingerprint density at radius 2 is 2.00 bits per heavy atom. The first-order valence-corrected chi connectivity index (χ1v) is 7.89. The van der Waals surface area contributed by atoms with E-state index in [1.165, 1.54) is 12.6 Å². The minimum absolute atomic E-state index is 0.154. The number of carbonyl (C=O) groups is 1. The van der Waals surface area contributed by atoms with E-state index in [-0.39, 0.29) is 22.5 Å². The Balaban J connectivity index is 2.18. The third kappa shape index (κ3) is 3.71. The summed E-state index contributed by atoms with van der Waals surface area (Å²) in [7, 11) is 0. The maximum atomic E-state index is 12.5. The summed E-state index contributed by atoms with van der Waals surface area (Å²) in [6.45, 7) is 8.22. The third-order valence-electron chi connectivity index (χ3n) is 3.92. The van der Waals surface area contributed by atoms with Gasteiger partial charge in [0.25, 0.3) is 5.91 Å². The van der Waals surface area contributed by atoms with Crippen molar-refractivity contribution < 1.29 is 4.79 Å². The summed E-state index contributed by atoms with van der Waals surface area (Å²) in [6.07, 6.45) is 4.86. The van der Waals surface area contributed by atoms with Crippen molar-refractivity contribution in [1.82, 2.24) is 20.4 Å². The number of halogens is 1. The van der Waals surface area contributed by atoms with Crippen LogP contribution >= 0.6 is 11.6 Å². The lowest BCUT2D eigenvalue weighted by molar-refractivity contribution is 0.0366. The minimum atomic E-state index is -0.259. The fraction of sp³-hybridized carbons (Fsp3) is 0.667. The number of nitrogens with zero attached hydrogens (tertiary/aromatic N) is 3. The summed E-state index contributed by atoms with van der Waals surface area (Å²) in [5, 5.41) is 2.30. The first-order valence-electron chi connectivity index (χ1n) is 7.52. The number of hydrogen-bond acceptors (Lipinski definition) is 4. The molecule has 2 atom stereocenters. The van der Waals surface area contributed by atoms with E-state index in [1.54, 1.807) is 0 Å². The molecular weight excluding hydrogens is 288 g/mol. The van der Waals surface area contributed by atoms with Crippen LogP contribution in [0.5, 0.6) is 0 Å². The molecule has 1 fully saturated rings. The van der Waals surface area contributed by atoms with Crippen molar-refractivity contribution in [2.75, 3.05) is 0 Å². The van der Waals surface area contributed by atoms with Crippen molar-refractivity contribution in [3.05, 3.63) is 22.7 Å². The van der Waals surface area contributed by atoms with Crippen LogP contribution in [0.25, 0.3) is 0 Å². The van der Waals surface area contributed by atoms with Gasteiger partial charge < -0.3 is 0 Å². The van der Waals surface area contributed by atoms with Gasteiger partial charge in [0.05, 0.1) is 11.2 Å². The molecule has 1 aromatic heterocycles. The molecular formula is C15H23ClN4O. The Hall–Kier alpha value is -1.20. The van der Waals surface area contributed by atoms with Crippen LogP contribution in [0.15, 0.2) is 6.20 Å². The molecule has 2 heterocycles. The van der Waals surface area contributed by atoms with E-state index in [0.717, 1.165) is 12.8 Å². The normalized spacial score (nSPS) is 23.3. The van der Waals surface area contributed by atoms with Crippen molar-refractivity contribution in [2.45, 2.75) is 65.0 Å². The van der Waals surface area contributed by atoms with Crippen LogP contribution in [0.1, 0.15) is 69.2 Å². The molecule has 21 heavy (non-hydrogen) atoms. The quantitative estimate of drug-likeness (QED) is 0.931. The molecule has 2 unspecified atom stereocenters. The molecule has 116 valence electrons. The summed E-state index contributed by atoms with van der Waals surface area (Å²) in [5.41, 5.74) is 3.21. The molecule has 0 bridgehead atoms. The number of hydrazine groups is 1. The zero-order valence-electron chi connectivity index (χ0n) is 13.1. The number of piperidine rings is 1. The predicted molar refractivity (Wildman–Crippen MR) is 83.2 cm³/mol. The molecule has 1 aromatic rings. The Bertz CT molecular complexity index is 510. The largest absolute Gasteiger partial charge is 0.285 e. The molecule has 1 aliphatic rings. The number of nitrogens with one attached hydrogen (secondary N) is 1. The Morgan fingerprint density at radius 1 is 1.38 bits per heavy atom. The average Bonchev–Trinajstić information content (AvgIpc) is 2.43. The molecule has 0 radical (unpaired) electrons. The van der Waals surface area contributed by atoms with Gasteiger partial charge in [-0.25, -0.2) is 15.0 Å². The van der Waals surface area contributed by atoms with Crippen molar-refractivity contribution in [3.8, 4) is 0 Å². The molecule has 1 amide bonds. The molecule has 1 aliphatic heterocycles. The van der Waals surface area contributed by atoms with Crippen LogP contribution in [0.3, 0.4) is 0 Å². The SMILES string of the molecule is CC(C)c1ncc(Cl)c(C(=O)NN2C(C)CCCC2C)n1. The van der Waals surface area contributed by atoms with E-state index in [0.29, 0.717) is 17.9 Å². The molecule has 0 aliphatic carbocycles. The Labute approximate surface area is 131 Å². The van der Waals surface area contributed by atoms with Crippen LogP contribution < -0.4 is 5.43 Å². The van der Waals surface area contributed by atoms with Gasteiger partial charge in [-0.3, -0.25) is 10.2 Å². The second-order valence-corrected chi connectivity index (χ2v) is 6.46. The lowest BCUT2D eigenvalue weighted by atomic mass is 10.00. The standard InChI is InChI=1S/C15H23ClN4O/c1-9(2)14-17-8-12(16)13(18-14)15(21)19-20-10(3)6-5-7-11(20)4/h8-11H,5-7H2,1-4H3,(H,19,21). The molecule has 0 saturated carbocycles. The smallest absolute Gasteiger partial charge is 0.283 e. The fourth-order valence-corrected chi connectivity index (χ4v) is 2.81. The average molecular weight is 311 g/mol. The van der Waals surface area contributed by atoms with Gasteiger partial charge in [-0.2, -0.15) is 0 Å². The predicted octanol–water partition coefficient (Wildman–Crippen LogP) is 3.16. The summed E-state index contributed by atoms with van der Waals surface area (Å²) in [4.78, 5) is 20.9. The number of carbonyl (C=O) groups excluding carboxylic acids is 1. The zero-order valence-corrected chi connectivity index (χ0v) is 13.8. The summed E-state index contributed by atoms with van der Waals surface area (Å²) >= 11 is 6.08. The fourth-order valence-electron chi connectivity index (χ4n) is 2.63. The first-order chi connectivity index (χ1) is 9.90. The van der Waals surface area contributed by atoms with Gasteiger partial charge in [0.1, 0.15) is 5.82 Å². The molecule has 0 spiro atoms. The van der Waals surface area contributed by atoms with Gasteiger partial charge in [-0.1, -0.05) is 31.9 Å². The van der Waals surface area contributed by atoms with Crippen LogP contribution in [-0.2, 0) is 0 Å². The van der Waals surface area contributed by atoms with Gasteiger partial charge in [0.2, 0.25) is 0 Å². The van der Waals surface area contributed by atoms with E-state index in [2.05, 4.69) is 29.2 Å². The van der Waals surface area contributed by atoms with Crippen molar-refractivity contribution in [1.29, 1.82) is 0 Å². The maximum Gasteiger partial charge on any atom is 0.285 e. The molecule has 0 aromatic carbocycles. The third-order valence-corrected chi connectivity index (χ3v) is 4.19. The van der Waals surface area contributed by atoms with Crippen molar-refractivity contribution >= 4 is 17.5 Å². The minimum Gasteiger partial charge on any atom is -0.283 e. The van der Waals surface area contributed by atoms with Crippen molar-refractivity contribution in [2.24, 2.45) is 0 Å². The molecule has 6 heteroatoms. The van der Waals surface area contributed by atoms with Gasteiger partial charge in [0.15, 0.2) is 5.69 Å². The summed E-state index contributed by atoms with van der Waals surface area (Å²) < 4.78 is 0. The Morgan fingerprint density at radius 3 is 2.57 bits per heavy atom. The number of amides is 1. The summed E-state index contributed by atoms with van der Waals surface area (Å²) in [6, 6.07) is 0.644. The molecule has 1 N–H and O–H groups in total. The van der Waals surface area contributed by atoms with E-state index in [1.807, 2.05) is 18.9 Å². The second-order valence-electron chi connectivity index (χ2n) is 6.06. The molecule has 2 rings (SSSR count). The van der Waals surface area contributed by atoms with Gasteiger partial charge in [-0.15, -0.1) is 0 Å². The van der Waals surface area contributed by atoms with E-state index >= 15 is 0 Å². The van der Waals surface area contributed by atoms with E-state index in [4.69, 9.17) is 11.6 Å². The molecule has 1 saturated heterocycles. The van der Waals surface area contributed by atoms with Crippen molar-refractivity contribution in [3.63, 3.8) is 0 Å². The van der Waals surface area contributed by atoms with E-state index < -0.39 is 0 Å². The lowest BCUT2D eigenvalue weighted by Gasteiger charge is -2.38. The van der Waals surface area contributed by atoms with Crippen LogP contribution in [0, 0.1) is 0 Å². The lowest BCUT2D eigenvalue weighted by Crippen LogP contribution is -2.54. The van der Waals surface area contributed by atoms with Gasteiger partial charge in [-0.05, 0) is 26.7 Å². The highest BCUT2D eigenvalue weighted by Crippen LogP contribution is 2.21. The van der Waals surface area contributed by atoms with Gasteiger partial charge >= 0.3 is 0 Å². The Kier molecular flexibility index (Phi) is 5.17. The van der Waals surface area contributed by atoms with Crippen LogP contribution in [0.4, 0.5) is 0 Å². The first kappa shape index (κ1) is 16.2.